The fourth-order valence-corrected chi connectivity index (χ4v) is 2.13. The van der Waals surface area contributed by atoms with E-state index in [1.165, 1.54) is 24.7 Å². The van der Waals surface area contributed by atoms with Crippen LogP contribution in [0.2, 0.25) is 0 Å². The Morgan fingerprint density at radius 1 is 1.32 bits per heavy atom. The van der Waals surface area contributed by atoms with Gasteiger partial charge in [-0.25, -0.2) is 18.4 Å². The smallest absolute Gasteiger partial charge is 0.266 e. The van der Waals surface area contributed by atoms with Gasteiger partial charge in [-0.3, -0.25) is 4.72 Å². The second-order valence-electron chi connectivity index (χ2n) is 3.66. The summed E-state index contributed by atoms with van der Waals surface area (Å²) < 4.78 is 30.6. The molecule has 2 aromatic rings. The van der Waals surface area contributed by atoms with Crippen molar-refractivity contribution >= 4 is 21.8 Å². The summed E-state index contributed by atoms with van der Waals surface area (Å²) in [6, 6.07) is 1.40. The maximum absolute atomic E-state index is 11.9. The molecule has 2 N–H and O–H groups in total. The summed E-state index contributed by atoms with van der Waals surface area (Å²) in [4.78, 5) is 7.81. The van der Waals surface area contributed by atoms with Crippen LogP contribution in [0.25, 0.3) is 0 Å². The Morgan fingerprint density at radius 2 is 2.05 bits per heavy atom. The Bertz CT molecular complexity index is 609. The molecule has 0 saturated heterocycles. The molecule has 9 heteroatoms. The Labute approximate surface area is 110 Å². The van der Waals surface area contributed by atoms with Crippen molar-refractivity contribution in [3.63, 3.8) is 0 Å². The number of hydrogen-bond donors (Lipinski definition) is 2. The highest BCUT2D eigenvalue weighted by Gasteiger charge is 2.16. The Balaban J connectivity index is 2.12. The minimum Gasteiger partial charge on any atom is -0.363 e. The largest absolute Gasteiger partial charge is 0.363 e. The molecular formula is C10H13N5O3S. The molecule has 2 aromatic heterocycles. The second kappa shape index (κ2) is 5.65. The van der Waals surface area contributed by atoms with Gasteiger partial charge in [-0.15, -0.1) is 0 Å². The lowest BCUT2D eigenvalue weighted by atomic mass is 10.5. The van der Waals surface area contributed by atoms with Crippen LogP contribution in [0.3, 0.4) is 0 Å². The van der Waals surface area contributed by atoms with E-state index in [1.54, 1.807) is 0 Å². The molecule has 0 aromatic carbocycles. The average Bonchev–Trinajstić information content (AvgIpc) is 2.89. The molecule has 0 unspecified atom stereocenters. The van der Waals surface area contributed by atoms with Crippen molar-refractivity contribution in [3.8, 4) is 0 Å². The van der Waals surface area contributed by atoms with E-state index in [1.807, 2.05) is 6.92 Å². The number of anilines is 2. The van der Waals surface area contributed by atoms with Crippen molar-refractivity contribution in [2.24, 2.45) is 0 Å². The molecule has 102 valence electrons. The van der Waals surface area contributed by atoms with Crippen LogP contribution in [0.4, 0.5) is 11.8 Å². The van der Waals surface area contributed by atoms with E-state index < -0.39 is 10.0 Å². The molecule has 0 atom stereocenters. The number of aromatic nitrogens is 3. The van der Waals surface area contributed by atoms with Gasteiger partial charge in [0.1, 0.15) is 11.2 Å². The molecule has 0 amide bonds. The summed E-state index contributed by atoms with van der Waals surface area (Å²) in [6.45, 7) is 2.73. The minimum atomic E-state index is -3.75. The number of nitrogens with one attached hydrogen (secondary N) is 2. The monoisotopic (exact) mass is 283 g/mol. The van der Waals surface area contributed by atoms with Crippen LogP contribution in [-0.2, 0) is 10.0 Å². The summed E-state index contributed by atoms with van der Waals surface area (Å²) in [5, 5.41) is 6.42. The van der Waals surface area contributed by atoms with Gasteiger partial charge in [-0.05, 0) is 6.42 Å². The Morgan fingerprint density at radius 3 is 2.63 bits per heavy atom. The lowest BCUT2D eigenvalue weighted by Gasteiger charge is -2.05. The van der Waals surface area contributed by atoms with E-state index in [9.17, 15) is 8.42 Å². The summed E-state index contributed by atoms with van der Waals surface area (Å²) in [6.07, 6.45) is 4.66. The molecular weight excluding hydrogens is 270 g/mol. The topological polar surface area (TPSA) is 110 Å². The van der Waals surface area contributed by atoms with E-state index in [4.69, 9.17) is 0 Å². The zero-order valence-electron chi connectivity index (χ0n) is 10.2. The van der Waals surface area contributed by atoms with Crippen molar-refractivity contribution < 1.29 is 12.9 Å². The molecule has 19 heavy (non-hydrogen) atoms. The van der Waals surface area contributed by atoms with Gasteiger partial charge in [0.15, 0.2) is 5.82 Å². The lowest BCUT2D eigenvalue weighted by molar-refractivity contribution is 0.423. The van der Waals surface area contributed by atoms with Gasteiger partial charge in [0.2, 0.25) is 5.95 Å². The third kappa shape index (κ3) is 3.41. The first kappa shape index (κ1) is 13.3. The van der Waals surface area contributed by atoms with E-state index in [-0.39, 0.29) is 10.7 Å². The summed E-state index contributed by atoms with van der Waals surface area (Å²) in [5.41, 5.74) is 0. The molecule has 0 aliphatic heterocycles. The predicted molar refractivity (Wildman–Crippen MR) is 68.1 cm³/mol. The maximum Gasteiger partial charge on any atom is 0.266 e. The molecule has 0 radical (unpaired) electrons. The number of rotatable bonds is 6. The van der Waals surface area contributed by atoms with Gasteiger partial charge in [0, 0.05) is 12.6 Å². The van der Waals surface area contributed by atoms with Crippen LogP contribution in [0.5, 0.6) is 0 Å². The first-order chi connectivity index (χ1) is 9.12. The fourth-order valence-electron chi connectivity index (χ4n) is 1.24. The molecule has 0 saturated carbocycles. The van der Waals surface area contributed by atoms with E-state index in [0.29, 0.717) is 5.95 Å². The molecule has 0 aliphatic rings. The van der Waals surface area contributed by atoms with Crippen molar-refractivity contribution in [3.05, 3.63) is 24.7 Å². The molecule has 8 nitrogen and oxygen atoms in total. The Kier molecular flexibility index (Phi) is 3.95. The maximum atomic E-state index is 11.9. The number of nitrogens with zero attached hydrogens (tertiary/aromatic N) is 3. The predicted octanol–water partition coefficient (Wildman–Crippen LogP) is 1.09. The molecule has 2 rings (SSSR count). The zero-order chi connectivity index (χ0) is 13.7. The molecule has 2 heterocycles. The third-order valence-electron chi connectivity index (χ3n) is 2.15. The third-order valence-corrected chi connectivity index (χ3v) is 3.46. The van der Waals surface area contributed by atoms with Gasteiger partial charge in [-0.2, -0.15) is 0 Å². The van der Waals surface area contributed by atoms with Gasteiger partial charge < -0.3 is 9.84 Å². The summed E-state index contributed by atoms with van der Waals surface area (Å²) in [5.74, 6) is 0.496. The van der Waals surface area contributed by atoms with Gasteiger partial charge in [-0.1, -0.05) is 12.1 Å². The van der Waals surface area contributed by atoms with E-state index >= 15 is 0 Å². The SMILES string of the molecule is CCCNc1ncc(S(=O)(=O)Nc2ccon2)cn1. The van der Waals surface area contributed by atoms with Crippen LogP contribution in [0, 0.1) is 0 Å². The van der Waals surface area contributed by atoms with E-state index in [0.717, 1.165) is 13.0 Å². The van der Waals surface area contributed by atoms with Crippen LogP contribution >= 0.6 is 0 Å². The highest BCUT2D eigenvalue weighted by atomic mass is 32.2. The fraction of sp³-hybridized carbons (Fsp3) is 0.300. The number of hydrogen-bond acceptors (Lipinski definition) is 7. The highest BCUT2D eigenvalue weighted by molar-refractivity contribution is 7.92. The first-order valence-corrected chi connectivity index (χ1v) is 7.09. The van der Waals surface area contributed by atoms with Gasteiger partial charge in [0.25, 0.3) is 10.0 Å². The van der Waals surface area contributed by atoms with Crippen LogP contribution in [0.1, 0.15) is 13.3 Å². The Hall–Kier alpha value is -2.16. The molecule has 0 spiro atoms. The highest BCUT2D eigenvalue weighted by Crippen LogP contribution is 2.13. The molecule has 0 aliphatic carbocycles. The second-order valence-corrected chi connectivity index (χ2v) is 5.34. The van der Waals surface area contributed by atoms with Crippen molar-refractivity contribution in [2.45, 2.75) is 18.2 Å². The summed E-state index contributed by atoms with van der Waals surface area (Å²) in [7, 11) is -3.75. The summed E-state index contributed by atoms with van der Waals surface area (Å²) >= 11 is 0. The van der Waals surface area contributed by atoms with Crippen LogP contribution in [0.15, 0.2) is 34.1 Å². The molecule has 0 bridgehead atoms. The van der Waals surface area contributed by atoms with Crippen molar-refractivity contribution in [2.75, 3.05) is 16.6 Å². The minimum absolute atomic E-state index is 0.0439. The van der Waals surface area contributed by atoms with Gasteiger partial charge >= 0.3 is 0 Å². The normalized spacial score (nSPS) is 11.2. The quantitative estimate of drug-likeness (QED) is 0.816. The lowest BCUT2D eigenvalue weighted by Crippen LogP contribution is -2.14. The zero-order valence-corrected chi connectivity index (χ0v) is 11.0. The van der Waals surface area contributed by atoms with Crippen molar-refractivity contribution in [1.82, 2.24) is 15.1 Å². The average molecular weight is 283 g/mol. The van der Waals surface area contributed by atoms with Crippen LogP contribution < -0.4 is 10.0 Å². The van der Waals surface area contributed by atoms with E-state index in [2.05, 4.69) is 29.7 Å². The molecule has 0 fully saturated rings. The van der Waals surface area contributed by atoms with Crippen molar-refractivity contribution in [1.29, 1.82) is 0 Å². The van der Waals surface area contributed by atoms with Gasteiger partial charge in [0.05, 0.1) is 12.4 Å². The number of sulfonamides is 1. The van der Waals surface area contributed by atoms with Crippen LogP contribution in [-0.4, -0.2) is 30.1 Å². The standard InChI is InChI=1S/C10H13N5O3S/c1-2-4-11-10-12-6-8(7-13-10)19(16,17)15-9-3-5-18-14-9/h3,5-7H,2,4H2,1H3,(H,14,15)(H,11,12,13). The first-order valence-electron chi connectivity index (χ1n) is 5.61.